The van der Waals surface area contributed by atoms with Crippen LogP contribution in [0.25, 0.3) is 0 Å². The van der Waals surface area contributed by atoms with E-state index in [1.807, 2.05) is 17.5 Å². The molecule has 0 saturated heterocycles. The van der Waals surface area contributed by atoms with Crippen LogP contribution in [-0.2, 0) is 6.54 Å². The summed E-state index contributed by atoms with van der Waals surface area (Å²) in [5.41, 5.74) is 1.78. The lowest BCUT2D eigenvalue weighted by atomic mass is 10.0. The van der Waals surface area contributed by atoms with E-state index >= 15 is 0 Å². The summed E-state index contributed by atoms with van der Waals surface area (Å²) in [6.07, 6.45) is 0. The van der Waals surface area contributed by atoms with Crippen molar-refractivity contribution in [2.45, 2.75) is 19.2 Å². The molecule has 0 spiro atoms. The molecule has 0 aliphatic carbocycles. The minimum absolute atomic E-state index is 0.00964. The largest absolute Gasteiger partial charge is 0.493 e. The molecule has 0 fully saturated rings. The van der Waals surface area contributed by atoms with Crippen molar-refractivity contribution in [2.75, 3.05) is 7.11 Å². The second kappa shape index (κ2) is 8.92. The van der Waals surface area contributed by atoms with Crippen LogP contribution >= 0.6 is 11.3 Å². The summed E-state index contributed by atoms with van der Waals surface area (Å²) in [5.74, 6) is -0.0586. The van der Waals surface area contributed by atoms with Gasteiger partial charge >= 0.3 is 6.61 Å². The first-order valence-corrected chi connectivity index (χ1v) is 9.08. The molecule has 2 aromatic carbocycles. The predicted molar refractivity (Wildman–Crippen MR) is 99.0 cm³/mol. The summed E-state index contributed by atoms with van der Waals surface area (Å²) in [6.45, 7) is -2.45. The quantitative estimate of drug-likeness (QED) is 0.558. The van der Waals surface area contributed by atoms with Crippen molar-refractivity contribution in [1.82, 2.24) is 5.32 Å². The highest BCUT2D eigenvalue weighted by Crippen LogP contribution is 2.31. The maximum absolute atomic E-state index is 13.3. The highest BCUT2D eigenvalue weighted by Gasteiger charge is 2.16. The zero-order valence-electron chi connectivity index (χ0n) is 14.5. The van der Waals surface area contributed by atoms with E-state index in [9.17, 15) is 13.2 Å². The van der Waals surface area contributed by atoms with E-state index in [2.05, 4.69) is 10.1 Å². The van der Waals surface area contributed by atoms with E-state index in [1.54, 1.807) is 35.6 Å². The van der Waals surface area contributed by atoms with Gasteiger partial charge in [0.15, 0.2) is 11.5 Å². The van der Waals surface area contributed by atoms with E-state index < -0.39 is 6.61 Å². The molecular weight excluding hydrogens is 375 g/mol. The van der Waals surface area contributed by atoms with Crippen LogP contribution in [0.2, 0.25) is 0 Å². The third-order valence-corrected chi connectivity index (χ3v) is 4.92. The van der Waals surface area contributed by atoms with Crippen molar-refractivity contribution in [3.05, 3.63) is 81.8 Å². The Morgan fingerprint density at radius 2 is 1.81 bits per heavy atom. The molecule has 0 saturated carbocycles. The molecule has 0 aliphatic heterocycles. The second-order valence-electron chi connectivity index (χ2n) is 5.74. The number of rotatable bonds is 8. The molecule has 1 aromatic heterocycles. The lowest BCUT2D eigenvalue weighted by Gasteiger charge is -2.19. The highest BCUT2D eigenvalue weighted by molar-refractivity contribution is 7.10. The molecule has 0 amide bonds. The van der Waals surface area contributed by atoms with Gasteiger partial charge < -0.3 is 14.8 Å². The summed E-state index contributed by atoms with van der Waals surface area (Å²) >= 11 is 1.60. The fraction of sp³-hybridized carbons (Fsp3) is 0.200. The van der Waals surface area contributed by atoms with Gasteiger partial charge in [0, 0.05) is 11.4 Å². The number of alkyl halides is 2. The Kier molecular flexibility index (Phi) is 6.36. The topological polar surface area (TPSA) is 30.5 Å². The van der Waals surface area contributed by atoms with Gasteiger partial charge in [-0.2, -0.15) is 8.78 Å². The number of hydrogen-bond donors (Lipinski definition) is 1. The van der Waals surface area contributed by atoms with Crippen molar-refractivity contribution in [3.63, 3.8) is 0 Å². The first-order valence-electron chi connectivity index (χ1n) is 8.21. The fourth-order valence-corrected chi connectivity index (χ4v) is 3.56. The molecule has 7 heteroatoms. The second-order valence-corrected chi connectivity index (χ2v) is 6.72. The van der Waals surface area contributed by atoms with E-state index in [1.165, 1.54) is 25.3 Å². The number of ether oxygens (including phenoxy) is 2. The zero-order chi connectivity index (χ0) is 19.2. The van der Waals surface area contributed by atoms with Gasteiger partial charge in [0.25, 0.3) is 0 Å². The third kappa shape index (κ3) is 5.02. The van der Waals surface area contributed by atoms with Crippen LogP contribution < -0.4 is 14.8 Å². The van der Waals surface area contributed by atoms with E-state index in [4.69, 9.17) is 4.74 Å². The summed E-state index contributed by atoms with van der Waals surface area (Å²) < 4.78 is 47.7. The molecule has 0 unspecified atom stereocenters. The van der Waals surface area contributed by atoms with Crippen molar-refractivity contribution in [1.29, 1.82) is 0 Å². The Bertz CT molecular complexity index is 854. The molecule has 0 bridgehead atoms. The van der Waals surface area contributed by atoms with Crippen molar-refractivity contribution < 1.29 is 22.6 Å². The first-order chi connectivity index (χ1) is 13.1. The standard InChI is InChI=1S/C20H18F3NO2S/c1-25-17-11-13(4-9-16(17)26-20(22)23)12-24-19(18-3-2-10-27-18)14-5-7-15(21)8-6-14/h2-11,19-20,24H,12H2,1H3/t19-/m1/s1. The summed E-state index contributed by atoms with van der Waals surface area (Å²) in [5, 5.41) is 5.41. The van der Waals surface area contributed by atoms with Gasteiger partial charge in [0.2, 0.25) is 0 Å². The molecular formula is C20H18F3NO2S. The van der Waals surface area contributed by atoms with Crippen LogP contribution in [0.4, 0.5) is 13.2 Å². The Morgan fingerprint density at radius 3 is 2.44 bits per heavy atom. The molecule has 142 valence electrons. The first kappa shape index (κ1) is 19.3. The number of benzene rings is 2. The van der Waals surface area contributed by atoms with Crippen LogP contribution in [0.5, 0.6) is 11.5 Å². The minimum Gasteiger partial charge on any atom is -0.493 e. The Balaban J connectivity index is 1.78. The van der Waals surface area contributed by atoms with E-state index in [0.717, 1.165) is 16.0 Å². The Hall–Kier alpha value is -2.51. The lowest BCUT2D eigenvalue weighted by molar-refractivity contribution is -0.0512. The van der Waals surface area contributed by atoms with Gasteiger partial charge in [-0.3, -0.25) is 0 Å². The molecule has 1 heterocycles. The molecule has 27 heavy (non-hydrogen) atoms. The summed E-state index contributed by atoms with van der Waals surface area (Å²) in [4.78, 5) is 1.09. The van der Waals surface area contributed by atoms with Gasteiger partial charge in [0.1, 0.15) is 5.82 Å². The van der Waals surface area contributed by atoms with E-state index in [0.29, 0.717) is 6.54 Å². The Labute approximate surface area is 159 Å². The van der Waals surface area contributed by atoms with Crippen LogP contribution in [0, 0.1) is 5.82 Å². The molecule has 0 aliphatic rings. The van der Waals surface area contributed by atoms with Crippen molar-refractivity contribution in [2.24, 2.45) is 0 Å². The van der Waals surface area contributed by atoms with Gasteiger partial charge in [-0.05, 0) is 46.8 Å². The predicted octanol–water partition coefficient (Wildman–Crippen LogP) is 5.38. The number of thiophene rings is 1. The number of halogens is 3. The number of nitrogens with one attached hydrogen (secondary N) is 1. The molecule has 3 nitrogen and oxygen atoms in total. The van der Waals surface area contributed by atoms with Crippen LogP contribution in [-0.4, -0.2) is 13.7 Å². The Morgan fingerprint density at radius 1 is 1.04 bits per heavy atom. The fourth-order valence-electron chi connectivity index (χ4n) is 2.73. The molecule has 0 radical (unpaired) electrons. The summed E-state index contributed by atoms with van der Waals surface area (Å²) in [7, 11) is 1.40. The van der Waals surface area contributed by atoms with Gasteiger partial charge in [0.05, 0.1) is 13.2 Å². The number of methoxy groups -OCH3 is 1. The van der Waals surface area contributed by atoms with Crippen LogP contribution in [0.1, 0.15) is 22.0 Å². The van der Waals surface area contributed by atoms with Gasteiger partial charge in [-0.1, -0.05) is 24.3 Å². The molecule has 3 rings (SSSR count). The maximum atomic E-state index is 13.3. The van der Waals surface area contributed by atoms with Gasteiger partial charge in [-0.25, -0.2) is 4.39 Å². The smallest absolute Gasteiger partial charge is 0.387 e. The monoisotopic (exact) mass is 393 g/mol. The third-order valence-electron chi connectivity index (χ3n) is 3.99. The minimum atomic E-state index is -2.91. The zero-order valence-corrected chi connectivity index (χ0v) is 15.3. The van der Waals surface area contributed by atoms with E-state index in [-0.39, 0.29) is 23.4 Å². The molecule has 1 N–H and O–H groups in total. The maximum Gasteiger partial charge on any atom is 0.387 e. The highest BCUT2D eigenvalue weighted by atomic mass is 32.1. The van der Waals surface area contributed by atoms with Crippen molar-refractivity contribution >= 4 is 11.3 Å². The normalized spacial score (nSPS) is 12.2. The summed E-state index contributed by atoms with van der Waals surface area (Å²) in [6, 6.07) is 15.0. The average Bonchev–Trinajstić information content (AvgIpc) is 3.18. The molecule has 3 aromatic rings. The van der Waals surface area contributed by atoms with Crippen molar-refractivity contribution in [3.8, 4) is 11.5 Å². The molecule has 1 atom stereocenters. The average molecular weight is 393 g/mol. The van der Waals surface area contributed by atoms with Gasteiger partial charge in [-0.15, -0.1) is 11.3 Å². The SMILES string of the molecule is COc1cc(CN[C@H](c2ccc(F)cc2)c2cccs2)ccc1OC(F)F. The lowest BCUT2D eigenvalue weighted by Crippen LogP contribution is -2.21. The van der Waals surface area contributed by atoms with Crippen LogP contribution in [0.3, 0.4) is 0 Å². The van der Waals surface area contributed by atoms with Crippen LogP contribution in [0.15, 0.2) is 60.0 Å². The number of hydrogen-bond acceptors (Lipinski definition) is 4.